The summed E-state index contributed by atoms with van der Waals surface area (Å²) in [5, 5.41) is 28.3. The minimum Gasteiger partial charge on any atom is -0.481 e. The Hall–Kier alpha value is 0.0800. The van der Waals surface area contributed by atoms with Crippen LogP contribution in [-0.4, -0.2) is 51.1 Å². The van der Waals surface area contributed by atoms with Crippen LogP contribution in [0.3, 0.4) is 0 Å². The molecule has 1 saturated carbocycles. The molecule has 1 aliphatic carbocycles. The van der Waals surface area contributed by atoms with Gasteiger partial charge in [0.15, 0.2) is 0 Å². The minimum absolute atomic E-state index is 0.133. The Kier molecular flexibility index (Phi) is 4.75. The van der Waals surface area contributed by atoms with Crippen LogP contribution in [0.25, 0.3) is 0 Å². The first kappa shape index (κ1) is 13.1. The van der Waals surface area contributed by atoms with Crippen molar-refractivity contribution in [2.45, 2.75) is 22.6 Å². The number of hydrogen-bond acceptors (Lipinski definition) is 4. The second-order valence-electron chi connectivity index (χ2n) is 3.81. The Morgan fingerprint density at radius 3 is 2.33 bits per heavy atom. The molecular formula is C9H15IO5. The van der Waals surface area contributed by atoms with E-state index < -0.39 is 24.1 Å². The van der Waals surface area contributed by atoms with Gasteiger partial charge in [0, 0.05) is 18.9 Å². The largest absolute Gasteiger partial charge is 0.481 e. The zero-order valence-electron chi connectivity index (χ0n) is 8.34. The molecule has 3 N–H and O–H groups in total. The maximum absolute atomic E-state index is 10.6. The molecule has 1 aliphatic rings. The number of halogens is 1. The number of methoxy groups -OCH3 is 1. The van der Waals surface area contributed by atoms with Crippen LogP contribution in [0.2, 0.25) is 0 Å². The van der Waals surface area contributed by atoms with Crippen LogP contribution in [0.5, 0.6) is 0 Å². The van der Waals surface area contributed by atoms with Gasteiger partial charge < -0.3 is 20.1 Å². The number of aliphatic carboxylic acids is 1. The number of carboxylic acids is 1. The van der Waals surface area contributed by atoms with Gasteiger partial charge in [-0.1, -0.05) is 22.6 Å². The molecule has 0 radical (unpaired) electrons. The number of carbonyl (C=O) groups is 1. The molecule has 6 heteroatoms. The summed E-state index contributed by atoms with van der Waals surface area (Å²) in [6, 6.07) is 0. The first-order valence-electron chi connectivity index (χ1n) is 4.70. The van der Waals surface area contributed by atoms with Crippen LogP contribution in [0.4, 0.5) is 0 Å². The zero-order valence-corrected chi connectivity index (χ0v) is 10.5. The van der Waals surface area contributed by atoms with E-state index in [4.69, 9.17) is 9.84 Å². The van der Waals surface area contributed by atoms with E-state index in [1.54, 1.807) is 0 Å². The van der Waals surface area contributed by atoms with Crippen molar-refractivity contribution in [3.8, 4) is 0 Å². The number of ether oxygens (including phenoxy) is 1. The highest BCUT2D eigenvalue weighted by molar-refractivity contribution is 14.1. The molecule has 88 valence electrons. The third-order valence-corrected chi connectivity index (χ3v) is 4.32. The molecular weight excluding hydrogens is 315 g/mol. The van der Waals surface area contributed by atoms with Crippen molar-refractivity contribution >= 4 is 28.6 Å². The molecule has 0 unspecified atom stereocenters. The Balaban J connectivity index is 2.75. The van der Waals surface area contributed by atoms with Gasteiger partial charge in [-0.15, -0.1) is 0 Å². The van der Waals surface area contributed by atoms with Gasteiger partial charge in [-0.2, -0.15) is 0 Å². The van der Waals surface area contributed by atoms with Gasteiger partial charge in [0.05, 0.1) is 29.2 Å². The highest BCUT2D eigenvalue weighted by atomic mass is 127. The standard InChI is InChI=1S/C9H15IO5/c1-15-3-5-4(2-6(11)12)8(13)7(10)9(5)14/h4-5,7-9,13-14H,2-3H2,1H3,(H,11,12)/t4-,5-,7+,8-,9+/m1/s1. The topological polar surface area (TPSA) is 87.0 Å². The van der Waals surface area contributed by atoms with E-state index in [0.29, 0.717) is 0 Å². The first-order chi connectivity index (χ1) is 6.99. The van der Waals surface area contributed by atoms with Gasteiger partial charge in [0.25, 0.3) is 0 Å². The van der Waals surface area contributed by atoms with Crippen LogP contribution in [-0.2, 0) is 9.53 Å². The molecule has 0 saturated heterocycles. The number of carboxylic acid groups (broad SMARTS) is 1. The van der Waals surface area contributed by atoms with Crippen molar-refractivity contribution in [1.82, 2.24) is 0 Å². The number of alkyl halides is 1. The Morgan fingerprint density at radius 1 is 1.33 bits per heavy atom. The number of rotatable bonds is 4. The molecule has 0 heterocycles. The second-order valence-corrected chi connectivity index (χ2v) is 5.24. The molecule has 5 nitrogen and oxygen atoms in total. The molecule has 0 amide bonds. The third-order valence-electron chi connectivity index (χ3n) is 2.85. The Morgan fingerprint density at radius 2 is 1.87 bits per heavy atom. The summed E-state index contributed by atoms with van der Waals surface area (Å²) < 4.78 is 4.61. The lowest BCUT2D eigenvalue weighted by molar-refractivity contribution is -0.139. The fraction of sp³-hybridized carbons (Fsp3) is 0.889. The van der Waals surface area contributed by atoms with Crippen LogP contribution in [0.1, 0.15) is 6.42 Å². The first-order valence-corrected chi connectivity index (χ1v) is 5.94. The maximum Gasteiger partial charge on any atom is 0.303 e. The SMILES string of the molecule is COC[C@H]1[C@H](O)[C@@H](I)[C@H](O)[C@@H]1CC(=O)O. The lowest BCUT2D eigenvalue weighted by Gasteiger charge is -2.20. The minimum atomic E-state index is -0.960. The lowest BCUT2D eigenvalue weighted by Crippen LogP contribution is -2.28. The van der Waals surface area contributed by atoms with Crippen molar-refractivity contribution in [2.24, 2.45) is 11.8 Å². The number of hydrogen-bond donors (Lipinski definition) is 3. The van der Waals surface area contributed by atoms with Gasteiger partial charge >= 0.3 is 5.97 Å². The number of aliphatic hydroxyl groups excluding tert-OH is 2. The van der Waals surface area contributed by atoms with Gasteiger partial charge in [-0.25, -0.2) is 0 Å². The molecule has 0 spiro atoms. The normalized spacial score (nSPS) is 40.7. The van der Waals surface area contributed by atoms with Gasteiger partial charge in [0.1, 0.15) is 0 Å². The van der Waals surface area contributed by atoms with Crippen molar-refractivity contribution in [2.75, 3.05) is 13.7 Å². The molecule has 0 aromatic rings. The van der Waals surface area contributed by atoms with Gasteiger partial charge in [0.2, 0.25) is 0 Å². The lowest BCUT2D eigenvalue weighted by atomic mass is 9.91. The highest BCUT2D eigenvalue weighted by Crippen LogP contribution is 2.39. The average Bonchev–Trinajstić information content (AvgIpc) is 2.35. The van der Waals surface area contributed by atoms with E-state index in [1.165, 1.54) is 7.11 Å². The van der Waals surface area contributed by atoms with E-state index in [1.807, 2.05) is 22.6 Å². The summed E-state index contributed by atoms with van der Waals surface area (Å²) in [5.74, 6) is -1.69. The van der Waals surface area contributed by atoms with Gasteiger partial charge in [-0.3, -0.25) is 4.79 Å². The predicted octanol–water partition coefficient (Wildman–Crippen LogP) is -0.121. The van der Waals surface area contributed by atoms with Crippen molar-refractivity contribution < 1.29 is 24.9 Å². The molecule has 0 aromatic carbocycles. The molecule has 15 heavy (non-hydrogen) atoms. The van der Waals surface area contributed by atoms with Crippen LogP contribution < -0.4 is 0 Å². The zero-order chi connectivity index (χ0) is 11.6. The Bertz CT molecular complexity index is 235. The predicted molar refractivity (Wildman–Crippen MR) is 60.9 cm³/mol. The van der Waals surface area contributed by atoms with Crippen molar-refractivity contribution in [3.63, 3.8) is 0 Å². The Labute approximate surface area is 102 Å². The summed E-state index contributed by atoms with van der Waals surface area (Å²) in [7, 11) is 1.50. The van der Waals surface area contributed by atoms with E-state index in [2.05, 4.69) is 0 Å². The van der Waals surface area contributed by atoms with E-state index >= 15 is 0 Å². The summed E-state index contributed by atoms with van der Waals surface area (Å²) in [6.07, 6.45) is -1.62. The molecule has 0 aliphatic heterocycles. The van der Waals surface area contributed by atoms with Crippen molar-refractivity contribution in [3.05, 3.63) is 0 Å². The number of aliphatic hydroxyl groups is 2. The molecule has 0 bridgehead atoms. The quantitative estimate of drug-likeness (QED) is 0.494. The molecule has 5 atom stereocenters. The second kappa shape index (κ2) is 5.42. The fourth-order valence-corrected chi connectivity index (χ4v) is 3.14. The van der Waals surface area contributed by atoms with Gasteiger partial charge in [-0.05, 0) is 0 Å². The summed E-state index contributed by atoms with van der Waals surface area (Å²) in [4.78, 5) is 10.6. The third kappa shape index (κ3) is 2.80. The summed E-state index contributed by atoms with van der Waals surface area (Å²) in [6.45, 7) is 0.273. The van der Waals surface area contributed by atoms with Crippen LogP contribution >= 0.6 is 22.6 Å². The maximum atomic E-state index is 10.6. The smallest absolute Gasteiger partial charge is 0.303 e. The molecule has 1 fully saturated rings. The highest BCUT2D eigenvalue weighted by Gasteiger charge is 2.48. The molecule has 0 aromatic heterocycles. The van der Waals surface area contributed by atoms with Crippen LogP contribution in [0, 0.1) is 11.8 Å². The van der Waals surface area contributed by atoms with Crippen LogP contribution in [0.15, 0.2) is 0 Å². The summed E-state index contributed by atoms with van der Waals surface area (Å²) >= 11 is 1.95. The van der Waals surface area contributed by atoms with E-state index in [-0.39, 0.29) is 22.9 Å². The van der Waals surface area contributed by atoms with Crippen molar-refractivity contribution in [1.29, 1.82) is 0 Å². The molecule has 1 rings (SSSR count). The monoisotopic (exact) mass is 330 g/mol. The fourth-order valence-electron chi connectivity index (χ4n) is 2.07. The van der Waals surface area contributed by atoms with E-state index in [9.17, 15) is 15.0 Å². The van der Waals surface area contributed by atoms with E-state index in [0.717, 1.165) is 0 Å². The average molecular weight is 330 g/mol. The summed E-state index contributed by atoms with van der Waals surface area (Å²) in [5.41, 5.74) is 0.